The van der Waals surface area contributed by atoms with Gasteiger partial charge in [-0.3, -0.25) is 0 Å². The molecule has 0 saturated heterocycles. The van der Waals surface area contributed by atoms with Crippen molar-refractivity contribution in [2.45, 2.75) is 32.0 Å². The number of hydrogen-bond donors (Lipinski definition) is 1. The molecular weight excluding hydrogens is 319 g/mol. The molecular formula is C17H24Cl2N2O. The minimum absolute atomic E-state index is 0. The van der Waals surface area contributed by atoms with Crippen molar-refractivity contribution < 1.29 is 4.42 Å². The fraction of sp³-hybridized carbons (Fsp3) is 0.412. The minimum Gasteiger partial charge on any atom is -0.464 e. The Morgan fingerprint density at radius 3 is 2.59 bits per heavy atom. The van der Waals surface area contributed by atoms with Gasteiger partial charge in [0.2, 0.25) is 0 Å². The third kappa shape index (κ3) is 4.75. The van der Waals surface area contributed by atoms with Gasteiger partial charge < -0.3 is 14.6 Å². The largest absolute Gasteiger partial charge is 0.464 e. The normalized spacial score (nSPS) is 16.6. The maximum absolute atomic E-state index is 6.00. The summed E-state index contributed by atoms with van der Waals surface area (Å²) in [6, 6.07) is 13.3. The zero-order valence-electron chi connectivity index (χ0n) is 13.0. The first-order valence-electron chi connectivity index (χ1n) is 7.23. The molecule has 1 aliphatic rings. The molecule has 122 valence electrons. The van der Waals surface area contributed by atoms with Crippen LogP contribution in [0.25, 0.3) is 0 Å². The van der Waals surface area contributed by atoms with Crippen molar-refractivity contribution >= 4 is 24.8 Å². The van der Waals surface area contributed by atoms with Crippen molar-refractivity contribution in [3.05, 3.63) is 59.0 Å². The van der Waals surface area contributed by atoms with Gasteiger partial charge in [0.05, 0.1) is 6.54 Å². The quantitative estimate of drug-likeness (QED) is 0.922. The lowest BCUT2D eigenvalue weighted by molar-refractivity contribution is 0.330. The molecule has 0 bridgehead atoms. The molecule has 1 aliphatic heterocycles. The molecule has 5 heteroatoms. The van der Waals surface area contributed by atoms with Crippen molar-refractivity contribution in [1.82, 2.24) is 10.2 Å². The van der Waals surface area contributed by atoms with E-state index in [1.165, 1.54) is 16.9 Å². The third-order valence-corrected chi connectivity index (χ3v) is 3.76. The molecule has 2 heterocycles. The second-order valence-electron chi connectivity index (χ2n) is 5.87. The molecule has 1 aromatic heterocycles. The van der Waals surface area contributed by atoms with Crippen molar-refractivity contribution in [1.29, 1.82) is 0 Å². The average molecular weight is 343 g/mol. The average Bonchev–Trinajstić information content (AvgIpc) is 2.80. The third-order valence-electron chi connectivity index (χ3n) is 3.76. The molecule has 0 aliphatic carbocycles. The summed E-state index contributed by atoms with van der Waals surface area (Å²) in [7, 11) is 4.13. The molecule has 22 heavy (non-hydrogen) atoms. The van der Waals surface area contributed by atoms with E-state index < -0.39 is 0 Å². The topological polar surface area (TPSA) is 28.4 Å². The number of benzene rings is 1. The highest BCUT2D eigenvalue weighted by molar-refractivity contribution is 5.85. The Labute approximate surface area is 144 Å². The van der Waals surface area contributed by atoms with Crippen LogP contribution in [0, 0.1) is 0 Å². The lowest BCUT2D eigenvalue weighted by atomic mass is 9.97. The number of fused-ring (bicyclic) bond motifs is 1. The summed E-state index contributed by atoms with van der Waals surface area (Å²) in [5, 5.41) is 3.62. The molecule has 1 atom stereocenters. The maximum atomic E-state index is 6.00. The smallest absolute Gasteiger partial charge is 0.118 e. The maximum Gasteiger partial charge on any atom is 0.118 e. The SMILES string of the molecule is CN(C)Cc1cc2c(o1)CC(Cc1ccccc1)NC2.Cl.Cl. The van der Waals surface area contributed by atoms with Gasteiger partial charge in [-0.05, 0) is 32.1 Å². The molecule has 2 aromatic rings. The Hall–Kier alpha value is -1.000. The van der Waals surface area contributed by atoms with Gasteiger partial charge in [-0.25, -0.2) is 0 Å². The standard InChI is InChI=1S/C17H22N2O.2ClH/c1-19(2)12-16-9-14-11-18-15(10-17(14)20-16)8-13-6-4-3-5-7-13;;/h3-7,9,15,18H,8,10-12H2,1-2H3;2*1H. The molecule has 0 amide bonds. The van der Waals surface area contributed by atoms with Crippen LogP contribution in [0.3, 0.4) is 0 Å². The van der Waals surface area contributed by atoms with Gasteiger partial charge in [0.25, 0.3) is 0 Å². The minimum atomic E-state index is 0. The van der Waals surface area contributed by atoms with Crippen LogP contribution in [-0.2, 0) is 25.9 Å². The van der Waals surface area contributed by atoms with Gasteiger partial charge in [0.15, 0.2) is 0 Å². The van der Waals surface area contributed by atoms with E-state index in [2.05, 4.69) is 60.7 Å². The van der Waals surface area contributed by atoms with Crippen molar-refractivity contribution in [2.75, 3.05) is 14.1 Å². The highest BCUT2D eigenvalue weighted by Crippen LogP contribution is 2.23. The van der Waals surface area contributed by atoms with Gasteiger partial charge >= 0.3 is 0 Å². The molecule has 1 aromatic carbocycles. The number of rotatable bonds is 4. The van der Waals surface area contributed by atoms with Crippen LogP contribution in [0.5, 0.6) is 0 Å². The lowest BCUT2D eigenvalue weighted by Gasteiger charge is -2.22. The summed E-state index contributed by atoms with van der Waals surface area (Å²) in [6.45, 7) is 1.79. The van der Waals surface area contributed by atoms with Crippen LogP contribution in [0.1, 0.15) is 22.6 Å². The molecule has 1 N–H and O–H groups in total. The Morgan fingerprint density at radius 1 is 1.18 bits per heavy atom. The number of nitrogens with one attached hydrogen (secondary N) is 1. The second-order valence-corrected chi connectivity index (χ2v) is 5.87. The van der Waals surface area contributed by atoms with E-state index in [-0.39, 0.29) is 24.8 Å². The molecule has 0 radical (unpaired) electrons. The molecule has 0 fully saturated rings. The van der Waals surface area contributed by atoms with Crippen LogP contribution in [-0.4, -0.2) is 25.0 Å². The van der Waals surface area contributed by atoms with Crippen LogP contribution in [0.15, 0.2) is 40.8 Å². The lowest BCUT2D eigenvalue weighted by Crippen LogP contribution is -2.36. The van der Waals surface area contributed by atoms with Crippen LogP contribution in [0.2, 0.25) is 0 Å². The van der Waals surface area contributed by atoms with Gasteiger partial charge in [-0.15, -0.1) is 24.8 Å². The summed E-state index contributed by atoms with van der Waals surface area (Å²) < 4.78 is 6.00. The highest BCUT2D eigenvalue weighted by Gasteiger charge is 2.22. The second kappa shape index (κ2) is 8.59. The Morgan fingerprint density at radius 2 is 1.91 bits per heavy atom. The van der Waals surface area contributed by atoms with E-state index in [1.807, 2.05) is 0 Å². The van der Waals surface area contributed by atoms with Gasteiger partial charge in [-0.1, -0.05) is 30.3 Å². The zero-order valence-corrected chi connectivity index (χ0v) is 14.7. The summed E-state index contributed by atoms with van der Waals surface area (Å²) in [5.74, 6) is 2.24. The number of nitrogens with zero attached hydrogens (tertiary/aromatic N) is 1. The number of furan rings is 1. The van der Waals surface area contributed by atoms with E-state index in [9.17, 15) is 0 Å². The predicted octanol–water partition coefficient (Wildman–Crippen LogP) is 3.44. The Kier molecular flexibility index (Phi) is 7.43. The highest BCUT2D eigenvalue weighted by atomic mass is 35.5. The first kappa shape index (κ1) is 19.0. The summed E-state index contributed by atoms with van der Waals surface area (Å²) in [6.07, 6.45) is 2.04. The van der Waals surface area contributed by atoms with E-state index in [1.54, 1.807) is 0 Å². The van der Waals surface area contributed by atoms with Crippen molar-refractivity contribution in [3.63, 3.8) is 0 Å². The van der Waals surface area contributed by atoms with Crippen molar-refractivity contribution in [2.24, 2.45) is 0 Å². The predicted molar refractivity (Wildman–Crippen MR) is 95.1 cm³/mol. The summed E-state index contributed by atoms with van der Waals surface area (Å²) >= 11 is 0. The summed E-state index contributed by atoms with van der Waals surface area (Å²) in [4.78, 5) is 2.14. The van der Waals surface area contributed by atoms with E-state index in [0.29, 0.717) is 6.04 Å². The molecule has 3 rings (SSSR count). The monoisotopic (exact) mass is 342 g/mol. The van der Waals surface area contributed by atoms with E-state index >= 15 is 0 Å². The van der Waals surface area contributed by atoms with Gasteiger partial charge in [0, 0.05) is 24.6 Å². The summed E-state index contributed by atoms with van der Waals surface area (Å²) in [5.41, 5.74) is 2.71. The van der Waals surface area contributed by atoms with Crippen LogP contribution in [0.4, 0.5) is 0 Å². The molecule has 0 saturated carbocycles. The Balaban J connectivity index is 0.00000121. The Bertz CT molecular complexity index is 569. The van der Waals surface area contributed by atoms with Crippen molar-refractivity contribution in [3.8, 4) is 0 Å². The molecule has 0 spiro atoms. The fourth-order valence-corrected chi connectivity index (χ4v) is 2.83. The zero-order chi connectivity index (χ0) is 13.9. The molecule has 3 nitrogen and oxygen atoms in total. The first-order valence-corrected chi connectivity index (χ1v) is 7.23. The van der Waals surface area contributed by atoms with Crippen LogP contribution < -0.4 is 5.32 Å². The molecule has 1 unspecified atom stereocenters. The van der Waals surface area contributed by atoms with Crippen LogP contribution >= 0.6 is 24.8 Å². The number of halogens is 2. The van der Waals surface area contributed by atoms with E-state index in [0.717, 1.165) is 31.7 Å². The first-order chi connectivity index (χ1) is 9.70. The van der Waals surface area contributed by atoms with E-state index in [4.69, 9.17) is 4.42 Å². The van der Waals surface area contributed by atoms with Gasteiger partial charge in [-0.2, -0.15) is 0 Å². The number of hydrogen-bond acceptors (Lipinski definition) is 3. The van der Waals surface area contributed by atoms with Gasteiger partial charge in [0.1, 0.15) is 11.5 Å². The fourth-order valence-electron chi connectivity index (χ4n) is 2.83.